The molecule has 0 saturated heterocycles. The summed E-state index contributed by atoms with van der Waals surface area (Å²) in [5.41, 5.74) is 0.602. The molecule has 1 atom stereocenters. The first-order valence-corrected chi connectivity index (χ1v) is 6.84. The number of halogens is 1. The zero-order valence-electron chi connectivity index (χ0n) is 12.0. The molecule has 0 spiro atoms. The summed E-state index contributed by atoms with van der Waals surface area (Å²) >= 11 is 0. The maximum Gasteiger partial charge on any atom is 0.315 e. The predicted octanol–water partition coefficient (Wildman–Crippen LogP) is 1.30. The molecular formula is C14H17FN4O3. The smallest absolute Gasteiger partial charge is 0.315 e. The van der Waals surface area contributed by atoms with Gasteiger partial charge in [-0.25, -0.2) is 9.18 Å². The van der Waals surface area contributed by atoms with E-state index >= 15 is 0 Å². The van der Waals surface area contributed by atoms with E-state index in [-0.39, 0.29) is 19.0 Å². The number of urea groups is 1. The number of hydrogen-bond acceptors (Lipinski definition) is 5. The number of benzene rings is 1. The summed E-state index contributed by atoms with van der Waals surface area (Å²) in [6, 6.07) is 4.41. The quantitative estimate of drug-likeness (QED) is 0.747. The van der Waals surface area contributed by atoms with E-state index < -0.39 is 12.1 Å². The molecule has 2 rings (SSSR count). The number of aryl methyl sites for hydroxylation is 1. The summed E-state index contributed by atoms with van der Waals surface area (Å²) in [6.07, 6.45) is 0.646. The SMILES string of the molecule is CCc1noc(CNC(=O)N[C@@H](CO)c2ccc(F)cc2)n1. The summed E-state index contributed by atoms with van der Waals surface area (Å²) in [5, 5.41) is 18.2. The second-order valence-electron chi connectivity index (χ2n) is 4.57. The van der Waals surface area contributed by atoms with Crippen LogP contribution in [0.2, 0.25) is 0 Å². The lowest BCUT2D eigenvalue weighted by atomic mass is 10.1. The van der Waals surface area contributed by atoms with Crippen LogP contribution >= 0.6 is 0 Å². The minimum atomic E-state index is -0.630. The largest absolute Gasteiger partial charge is 0.394 e. The summed E-state index contributed by atoms with van der Waals surface area (Å²) in [4.78, 5) is 15.9. The van der Waals surface area contributed by atoms with E-state index in [9.17, 15) is 14.3 Å². The second-order valence-corrected chi connectivity index (χ2v) is 4.57. The van der Waals surface area contributed by atoms with Gasteiger partial charge in [-0.2, -0.15) is 4.98 Å². The van der Waals surface area contributed by atoms with Gasteiger partial charge in [0, 0.05) is 6.42 Å². The van der Waals surface area contributed by atoms with Gasteiger partial charge in [0.05, 0.1) is 19.2 Å². The molecule has 2 aromatic rings. The van der Waals surface area contributed by atoms with Crippen molar-refractivity contribution in [2.24, 2.45) is 0 Å². The number of carbonyl (C=O) groups excluding carboxylic acids is 1. The minimum Gasteiger partial charge on any atom is -0.394 e. The normalized spacial score (nSPS) is 12.0. The van der Waals surface area contributed by atoms with Crippen LogP contribution < -0.4 is 10.6 Å². The Kier molecular flexibility index (Phi) is 5.42. The fourth-order valence-electron chi connectivity index (χ4n) is 1.80. The Morgan fingerprint density at radius 1 is 1.41 bits per heavy atom. The van der Waals surface area contributed by atoms with Gasteiger partial charge in [0.25, 0.3) is 0 Å². The van der Waals surface area contributed by atoms with Crippen LogP contribution in [0.5, 0.6) is 0 Å². The lowest BCUT2D eigenvalue weighted by molar-refractivity contribution is 0.215. The number of hydrogen-bond donors (Lipinski definition) is 3. The Morgan fingerprint density at radius 3 is 2.73 bits per heavy atom. The Morgan fingerprint density at radius 2 is 2.14 bits per heavy atom. The molecule has 118 valence electrons. The summed E-state index contributed by atoms with van der Waals surface area (Å²) in [6.45, 7) is 1.67. The number of amides is 2. The van der Waals surface area contributed by atoms with Crippen molar-refractivity contribution in [3.63, 3.8) is 0 Å². The van der Waals surface area contributed by atoms with Crippen LogP contribution in [-0.2, 0) is 13.0 Å². The number of nitrogens with one attached hydrogen (secondary N) is 2. The van der Waals surface area contributed by atoms with E-state index in [0.717, 1.165) is 0 Å². The molecule has 0 aliphatic rings. The molecule has 1 aromatic heterocycles. The van der Waals surface area contributed by atoms with Crippen LogP contribution in [0.15, 0.2) is 28.8 Å². The minimum absolute atomic E-state index is 0.0837. The number of nitrogens with zero attached hydrogens (tertiary/aromatic N) is 2. The molecule has 8 heteroatoms. The molecule has 1 aromatic carbocycles. The lowest BCUT2D eigenvalue weighted by Gasteiger charge is -2.16. The van der Waals surface area contributed by atoms with Crippen LogP contribution in [0.25, 0.3) is 0 Å². The zero-order valence-corrected chi connectivity index (χ0v) is 12.0. The van der Waals surface area contributed by atoms with Gasteiger partial charge in [0.1, 0.15) is 5.82 Å². The van der Waals surface area contributed by atoms with Gasteiger partial charge >= 0.3 is 6.03 Å². The van der Waals surface area contributed by atoms with E-state index in [4.69, 9.17) is 4.52 Å². The summed E-state index contributed by atoms with van der Waals surface area (Å²) in [5.74, 6) is 0.485. The van der Waals surface area contributed by atoms with Crippen LogP contribution in [-0.4, -0.2) is 27.9 Å². The van der Waals surface area contributed by atoms with Crippen LogP contribution in [0, 0.1) is 5.82 Å². The Hall–Kier alpha value is -2.48. The fraction of sp³-hybridized carbons (Fsp3) is 0.357. The maximum atomic E-state index is 12.9. The Labute approximate surface area is 126 Å². The van der Waals surface area contributed by atoms with Crippen molar-refractivity contribution in [1.82, 2.24) is 20.8 Å². The molecule has 0 radical (unpaired) electrons. The van der Waals surface area contributed by atoms with Crippen LogP contribution in [0.4, 0.5) is 9.18 Å². The lowest BCUT2D eigenvalue weighted by Crippen LogP contribution is -2.38. The highest BCUT2D eigenvalue weighted by Crippen LogP contribution is 2.12. The van der Waals surface area contributed by atoms with Gasteiger partial charge < -0.3 is 20.3 Å². The molecule has 0 bridgehead atoms. The Bertz CT molecular complexity index is 615. The molecule has 0 aliphatic carbocycles. The average Bonchev–Trinajstić information content (AvgIpc) is 2.99. The van der Waals surface area contributed by atoms with Crippen molar-refractivity contribution in [3.05, 3.63) is 47.4 Å². The van der Waals surface area contributed by atoms with Crippen LogP contribution in [0.3, 0.4) is 0 Å². The van der Waals surface area contributed by atoms with E-state index in [2.05, 4.69) is 20.8 Å². The highest BCUT2D eigenvalue weighted by molar-refractivity contribution is 5.74. The van der Waals surface area contributed by atoms with Crippen molar-refractivity contribution < 1.29 is 18.8 Å². The first kappa shape index (κ1) is 15.9. The summed E-state index contributed by atoms with van der Waals surface area (Å²) in [7, 11) is 0. The molecule has 7 nitrogen and oxygen atoms in total. The topological polar surface area (TPSA) is 100 Å². The molecule has 22 heavy (non-hydrogen) atoms. The third-order valence-electron chi connectivity index (χ3n) is 2.99. The van der Waals surface area contributed by atoms with E-state index in [1.165, 1.54) is 24.3 Å². The third kappa shape index (κ3) is 4.26. The van der Waals surface area contributed by atoms with Crippen molar-refractivity contribution in [1.29, 1.82) is 0 Å². The van der Waals surface area contributed by atoms with E-state index in [1.54, 1.807) is 0 Å². The van der Waals surface area contributed by atoms with Gasteiger partial charge in [-0.15, -0.1) is 0 Å². The summed E-state index contributed by atoms with van der Waals surface area (Å²) < 4.78 is 17.8. The van der Waals surface area contributed by atoms with Crippen molar-refractivity contribution >= 4 is 6.03 Å². The van der Waals surface area contributed by atoms with Gasteiger partial charge in [-0.05, 0) is 17.7 Å². The van der Waals surface area contributed by atoms with Gasteiger partial charge in [0.2, 0.25) is 5.89 Å². The molecule has 0 unspecified atom stereocenters. The van der Waals surface area contributed by atoms with Gasteiger partial charge in [-0.1, -0.05) is 24.2 Å². The number of rotatable bonds is 6. The number of aromatic nitrogens is 2. The van der Waals surface area contributed by atoms with Gasteiger partial charge in [0.15, 0.2) is 5.82 Å². The van der Waals surface area contributed by atoms with E-state index in [1.807, 2.05) is 6.92 Å². The first-order chi connectivity index (χ1) is 10.6. The monoisotopic (exact) mass is 308 g/mol. The molecule has 1 heterocycles. The molecule has 0 saturated carbocycles. The zero-order chi connectivity index (χ0) is 15.9. The van der Waals surface area contributed by atoms with Crippen molar-refractivity contribution in [2.45, 2.75) is 25.9 Å². The standard InChI is InChI=1S/C14H17FN4O3/c1-2-12-18-13(22-19-12)7-16-14(21)17-11(8-20)9-3-5-10(15)6-4-9/h3-6,11,20H,2,7-8H2,1H3,(H2,16,17,21)/t11-/m0/s1. The number of aliphatic hydroxyl groups is 1. The molecule has 2 amide bonds. The Balaban J connectivity index is 1.87. The molecule has 3 N–H and O–H groups in total. The van der Waals surface area contributed by atoms with Crippen molar-refractivity contribution in [3.8, 4) is 0 Å². The fourth-order valence-corrected chi connectivity index (χ4v) is 1.80. The predicted molar refractivity (Wildman–Crippen MR) is 75.3 cm³/mol. The maximum absolute atomic E-state index is 12.9. The third-order valence-corrected chi connectivity index (χ3v) is 2.99. The van der Waals surface area contributed by atoms with E-state index in [0.29, 0.717) is 23.7 Å². The number of aliphatic hydroxyl groups excluding tert-OH is 1. The van der Waals surface area contributed by atoms with Gasteiger partial charge in [-0.3, -0.25) is 0 Å². The highest BCUT2D eigenvalue weighted by atomic mass is 19.1. The highest BCUT2D eigenvalue weighted by Gasteiger charge is 2.14. The number of carbonyl (C=O) groups is 1. The van der Waals surface area contributed by atoms with Crippen LogP contribution in [0.1, 0.15) is 30.2 Å². The molecular weight excluding hydrogens is 291 g/mol. The molecule has 0 fully saturated rings. The second kappa shape index (κ2) is 7.51. The molecule has 0 aliphatic heterocycles. The van der Waals surface area contributed by atoms with Crippen molar-refractivity contribution in [2.75, 3.05) is 6.61 Å². The average molecular weight is 308 g/mol. The first-order valence-electron chi connectivity index (χ1n) is 6.84.